The third-order valence-corrected chi connectivity index (χ3v) is 10.8. The number of unbranched alkanes of at least 4 members (excludes halogenated alkanes) is 12. The lowest BCUT2D eigenvalue weighted by Crippen LogP contribution is -2.25. The maximum atomic E-state index is 12.6. The van der Waals surface area contributed by atoms with Crippen molar-refractivity contribution in [1.82, 2.24) is 0 Å². The highest BCUT2D eigenvalue weighted by molar-refractivity contribution is 5.70. The zero-order chi connectivity index (χ0) is 37.5. The molecule has 0 aromatic carbocycles. The third-order valence-electron chi connectivity index (χ3n) is 10.8. The first kappa shape index (κ1) is 47.4. The van der Waals surface area contributed by atoms with Crippen molar-refractivity contribution in [2.24, 2.45) is 35.5 Å². The fourth-order valence-corrected chi connectivity index (χ4v) is 7.71. The molecule has 0 heterocycles. The molecule has 6 heteroatoms. The Labute approximate surface area is 316 Å². The van der Waals surface area contributed by atoms with Crippen LogP contribution in [-0.2, 0) is 28.6 Å². The molecular weight excluding hydrogens is 636 g/mol. The lowest BCUT2D eigenvalue weighted by Gasteiger charge is -2.35. The van der Waals surface area contributed by atoms with Gasteiger partial charge in [-0.15, -0.1) is 0 Å². The second kappa shape index (κ2) is 31.9. The summed E-state index contributed by atoms with van der Waals surface area (Å²) in [4.78, 5) is 37.8. The van der Waals surface area contributed by atoms with Gasteiger partial charge in [0.2, 0.25) is 0 Å². The Kier molecular flexibility index (Phi) is 29.7. The molecule has 0 unspecified atom stereocenters. The van der Waals surface area contributed by atoms with Crippen molar-refractivity contribution in [3.8, 4) is 0 Å². The van der Waals surface area contributed by atoms with Crippen LogP contribution < -0.4 is 0 Å². The van der Waals surface area contributed by atoms with Crippen LogP contribution in [-0.4, -0.2) is 37.7 Å². The number of ether oxygens (including phenoxy) is 3. The van der Waals surface area contributed by atoms with Gasteiger partial charge in [-0.25, -0.2) is 0 Å². The van der Waals surface area contributed by atoms with Crippen molar-refractivity contribution in [2.45, 2.75) is 215 Å². The summed E-state index contributed by atoms with van der Waals surface area (Å²) in [6.45, 7) is 15.2. The molecule has 1 fully saturated rings. The lowest BCUT2D eigenvalue weighted by molar-refractivity contribution is -0.144. The molecule has 0 amide bonds. The summed E-state index contributed by atoms with van der Waals surface area (Å²) < 4.78 is 16.8. The first-order chi connectivity index (χ1) is 24.5. The highest BCUT2D eigenvalue weighted by atomic mass is 16.5. The Hall–Kier alpha value is -1.59. The van der Waals surface area contributed by atoms with Crippen LogP contribution in [0.1, 0.15) is 215 Å². The first-order valence-electron chi connectivity index (χ1n) is 22.0. The molecular formula is C45H84O6. The quantitative estimate of drug-likeness (QED) is 0.0381. The highest BCUT2D eigenvalue weighted by Gasteiger charge is 2.30. The molecule has 0 aliphatic heterocycles. The molecule has 0 bridgehead atoms. The minimum absolute atomic E-state index is 0.0829. The molecule has 0 radical (unpaired) electrons. The predicted molar refractivity (Wildman–Crippen MR) is 213 cm³/mol. The van der Waals surface area contributed by atoms with Crippen LogP contribution in [0.25, 0.3) is 0 Å². The van der Waals surface area contributed by atoms with Gasteiger partial charge in [0.1, 0.15) is 0 Å². The van der Waals surface area contributed by atoms with Crippen molar-refractivity contribution in [1.29, 1.82) is 0 Å². The van der Waals surface area contributed by atoms with Gasteiger partial charge in [-0.1, -0.05) is 138 Å². The molecule has 0 spiro atoms. The van der Waals surface area contributed by atoms with Gasteiger partial charge < -0.3 is 14.2 Å². The lowest BCUT2D eigenvalue weighted by atomic mass is 9.71. The Morgan fingerprint density at radius 3 is 0.882 bits per heavy atom. The number of carbonyl (C=O) groups is 3. The van der Waals surface area contributed by atoms with Crippen LogP contribution in [0.5, 0.6) is 0 Å². The van der Waals surface area contributed by atoms with Crippen LogP contribution in [0.2, 0.25) is 0 Å². The van der Waals surface area contributed by atoms with Crippen molar-refractivity contribution in [3.05, 3.63) is 0 Å². The molecule has 0 N–H and O–H groups in total. The van der Waals surface area contributed by atoms with E-state index in [9.17, 15) is 14.4 Å². The molecule has 0 saturated heterocycles. The van der Waals surface area contributed by atoms with Gasteiger partial charge in [0, 0.05) is 19.3 Å². The molecule has 1 rings (SSSR count). The normalized spacial score (nSPS) is 17.7. The zero-order valence-electron chi connectivity index (χ0n) is 34.6. The van der Waals surface area contributed by atoms with Crippen LogP contribution in [0, 0.1) is 35.5 Å². The minimum Gasteiger partial charge on any atom is -0.466 e. The molecule has 1 aliphatic rings. The second-order valence-corrected chi connectivity index (χ2v) is 17.4. The van der Waals surface area contributed by atoms with Crippen LogP contribution >= 0.6 is 0 Å². The summed E-state index contributed by atoms with van der Waals surface area (Å²) in [5.41, 5.74) is 0. The Balaban J connectivity index is 2.42. The number of esters is 3. The maximum Gasteiger partial charge on any atom is 0.305 e. The number of hydrogen-bond acceptors (Lipinski definition) is 6. The third kappa shape index (κ3) is 30.6. The standard InChI is InChI=1S/C45H84O6/c1-37(2)22-16-10-7-13-19-31-49-43(46)28-25-40-34-41(26-29-44(47)50-32-20-14-8-11-17-23-38(3)4)36-42(35-40)27-30-45(48)51-33-21-15-9-12-18-24-39(5)6/h37-42H,7-36H2,1-6H3. The zero-order valence-corrected chi connectivity index (χ0v) is 34.6. The molecule has 1 saturated carbocycles. The smallest absolute Gasteiger partial charge is 0.305 e. The predicted octanol–water partition coefficient (Wildman–Crippen LogP) is 13.0. The fourth-order valence-electron chi connectivity index (χ4n) is 7.71. The maximum absolute atomic E-state index is 12.6. The van der Waals surface area contributed by atoms with Gasteiger partial charge >= 0.3 is 17.9 Å². The molecule has 1 aliphatic carbocycles. The van der Waals surface area contributed by atoms with Gasteiger partial charge in [0.25, 0.3) is 0 Å². The topological polar surface area (TPSA) is 78.9 Å². The van der Waals surface area contributed by atoms with E-state index in [4.69, 9.17) is 14.2 Å². The van der Waals surface area contributed by atoms with Gasteiger partial charge in [-0.3, -0.25) is 14.4 Å². The van der Waals surface area contributed by atoms with E-state index in [-0.39, 0.29) is 17.9 Å². The van der Waals surface area contributed by atoms with Crippen LogP contribution in [0.4, 0.5) is 0 Å². The van der Waals surface area contributed by atoms with Gasteiger partial charge in [-0.05, 0) is 93.3 Å². The summed E-state index contributed by atoms with van der Waals surface area (Å²) in [6, 6.07) is 0. The summed E-state index contributed by atoms with van der Waals surface area (Å²) in [7, 11) is 0. The summed E-state index contributed by atoms with van der Waals surface area (Å²) in [5, 5.41) is 0. The van der Waals surface area contributed by atoms with Crippen molar-refractivity contribution in [3.63, 3.8) is 0 Å². The van der Waals surface area contributed by atoms with E-state index in [1.54, 1.807) is 0 Å². The van der Waals surface area contributed by atoms with E-state index in [1.807, 2.05) is 0 Å². The summed E-state index contributed by atoms with van der Waals surface area (Å²) >= 11 is 0. The van der Waals surface area contributed by atoms with E-state index in [0.29, 0.717) is 56.8 Å². The molecule has 0 atom stereocenters. The molecule has 6 nitrogen and oxygen atoms in total. The number of hydrogen-bond donors (Lipinski definition) is 0. The Morgan fingerprint density at radius 1 is 0.392 bits per heavy atom. The SMILES string of the molecule is CC(C)CCCCCCCOC(=O)CCC1CC(CCC(=O)OCCCCCCCC(C)C)CC(CCC(=O)OCCCCCCCC(C)C)C1. The van der Waals surface area contributed by atoms with E-state index >= 15 is 0 Å². The van der Waals surface area contributed by atoms with E-state index in [1.165, 1.54) is 77.0 Å². The van der Waals surface area contributed by atoms with Crippen molar-refractivity contribution in [2.75, 3.05) is 19.8 Å². The van der Waals surface area contributed by atoms with Gasteiger partial charge in [-0.2, -0.15) is 0 Å². The first-order valence-corrected chi connectivity index (χ1v) is 22.0. The summed E-state index contributed by atoms with van der Waals surface area (Å²) in [6.07, 6.45) is 28.4. The molecule has 0 aromatic heterocycles. The average molecular weight is 721 g/mol. The largest absolute Gasteiger partial charge is 0.466 e. The minimum atomic E-state index is -0.0829. The Bertz CT molecular complexity index is 736. The van der Waals surface area contributed by atoms with Gasteiger partial charge in [0.15, 0.2) is 0 Å². The Morgan fingerprint density at radius 2 is 0.627 bits per heavy atom. The average Bonchev–Trinajstić information content (AvgIpc) is 3.08. The van der Waals surface area contributed by atoms with Crippen LogP contribution in [0.3, 0.4) is 0 Å². The fraction of sp³-hybridized carbons (Fsp3) is 0.933. The monoisotopic (exact) mass is 721 g/mol. The molecule has 51 heavy (non-hydrogen) atoms. The molecule has 300 valence electrons. The highest BCUT2D eigenvalue weighted by Crippen LogP contribution is 2.40. The van der Waals surface area contributed by atoms with E-state index in [2.05, 4.69) is 41.5 Å². The van der Waals surface area contributed by atoms with Crippen LogP contribution in [0.15, 0.2) is 0 Å². The van der Waals surface area contributed by atoms with Crippen molar-refractivity contribution < 1.29 is 28.6 Å². The number of carbonyl (C=O) groups excluding carboxylic acids is 3. The number of rotatable bonds is 33. The van der Waals surface area contributed by atoms with E-state index in [0.717, 1.165) is 94.8 Å². The molecule has 0 aromatic rings. The summed E-state index contributed by atoms with van der Waals surface area (Å²) in [5.74, 6) is 3.33. The van der Waals surface area contributed by atoms with E-state index < -0.39 is 0 Å². The van der Waals surface area contributed by atoms with Crippen molar-refractivity contribution >= 4 is 17.9 Å². The van der Waals surface area contributed by atoms with Gasteiger partial charge in [0.05, 0.1) is 19.8 Å². The second-order valence-electron chi connectivity index (χ2n) is 17.4.